The number of amides is 1. The zero-order chi connectivity index (χ0) is 19.6. The van der Waals surface area contributed by atoms with Crippen molar-refractivity contribution in [2.45, 2.75) is 30.7 Å². The van der Waals surface area contributed by atoms with Crippen LogP contribution in [0.25, 0.3) is 0 Å². The fourth-order valence-corrected chi connectivity index (χ4v) is 4.46. The second-order valence-corrected chi connectivity index (χ2v) is 8.40. The lowest BCUT2D eigenvalue weighted by Gasteiger charge is -2.31. The summed E-state index contributed by atoms with van der Waals surface area (Å²) in [6, 6.07) is 9.57. The summed E-state index contributed by atoms with van der Waals surface area (Å²) in [5.41, 5.74) is 6.99. The summed E-state index contributed by atoms with van der Waals surface area (Å²) in [5.74, 6) is -0.690. The molecule has 2 aromatic rings. The molecule has 0 radical (unpaired) electrons. The van der Waals surface area contributed by atoms with E-state index in [1.165, 1.54) is 30.3 Å². The van der Waals surface area contributed by atoms with Crippen molar-refractivity contribution in [3.05, 3.63) is 59.4 Å². The molecule has 0 saturated carbocycles. The molecule has 1 fully saturated rings. The van der Waals surface area contributed by atoms with Crippen LogP contribution in [0.4, 0.5) is 10.1 Å². The molecule has 27 heavy (non-hydrogen) atoms. The van der Waals surface area contributed by atoms with Crippen molar-refractivity contribution in [2.75, 3.05) is 17.8 Å². The van der Waals surface area contributed by atoms with E-state index >= 15 is 0 Å². The molecule has 2 aromatic carbocycles. The molecular formula is C19H22FN3O3S. The Morgan fingerprint density at radius 2 is 1.93 bits per heavy atom. The van der Waals surface area contributed by atoms with Crippen LogP contribution in [0.1, 0.15) is 28.8 Å². The van der Waals surface area contributed by atoms with Crippen LogP contribution < -0.4 is 10.5 Å². The van der Waals surface area contributed by atoms with Crippen molar-refractivity contribution in [2.24, 2.45) is 5.73 Å². The number of hydrogen-bond acceptors (Lipinski definition) is 4. The molecular weight excluding hydrogens is 369 g/mol. The molecule has 1 heterocycles. The van der Waals surface area contributed by atoms with Crippen molar-refractivity contribution in [3.8, 4) is 0 Å². The number of nitrogens with zero attached hydrogens (tertiary/aromatic N) is 1. The molecule has 0 spiro atoms. The Labute approximate surface area is 158 Å². The highest BCUT2D eigenvalue weighted by molar-refractivity contribution is 7.92. The lowest BCUT2D eigenvalue weighted by Crippen LogP contribution is -2.45. The monoisotopic (exact) mass is 391 g/mol. The first kappa shape index (κ1) is 19.3. The van der Waals surface area contributed by atoms with Gasteiger partial charge in [-0.25, -0.2) is 12.8 Å². The normalized spacial score (nSPS) is 17.6. The van der Waals surface area contributed by atoms with Crippen LogP contribution in [0, 0.1) is 12.7 Å². The average Bonchev–Trinajstić information content (AvgIpc) is 2.63. The second-order valence-electron chi connectivity index (χ2n) is 6.75. The van der Waals surface area contributed by atoms with Crippen molar-refractivity contribution in [1.29, 1.82) is 0 Å². The highest BCUT2D eigenvalue weighted by atomic mass is 32.2. The number of nitrogens with two attached hydrogens (primary N) is 1. The van der Waals surface area contributed by atoms with Crippen LogP contribution in [-0.4, -0.2) is 38.4 Å². The van der Waals surface area contributed by atoms with E-state index in [1.54, 1.807) is 24.0 Å². The molecule has 144 valence electrons. The standard InChI is InChI=1S/C19H22FN3O3S/c1-13-4-5-14(19(24)23-10-2-3-16(21)12-23)11-18(13)27(25,26)22-17-8-6-15(20)7-9-17/h4-9,11,16,22H,2-3,10,12,21H2,1H3. The number of anilines is 1. The largest absolute Gasteiger partial charge is 0.337 e. The fraction of sp³-hybridized carbons (Fsp3) is 0.316. The van der Waals surface area contributed by atoms with E-state index in [4.69, 9.17) is 5.73 Å². The first-order valence-electron chi connectivity index (χ1n) is 8.70. The Morgan fingerprint density at radius 1 is 1.22 bits per heavy atom. The summed E-state index contributed by atoms with van der Waals surface area (Å²) < 4.78 is 41.0. The third-order valence-electron chi connectivity index (χ3n) is 4.57. The Hall–Kier alpha value is -2.45. The van der Waals surface area contributed by atoms with Gasteiger partial charge in [0.25, 0.3) is 15.9 Å². The minimum Gasteiger partial charge on any atom is -0.337 e. The molecule has 8 heteroatoms. The van der Waals surface area contributed by atoms with Crippen molar-refractivity contribution in [3.63, 3.8) is 0 Å². The van der Waals surface area contributed by atoms with Gasteiger partial charge in [-0.15, -0.1) is 0 Å². The first-order valence-corrected chi connectivity index (χ1v) is 10.2. The molecule has 0 bridgehead atoms. The van der Waals surface area contributed by atoms with E-state index in [0.29, 0.717) is 24.2 Å². The summed E-state index contributed by atoms with van der Waals surface area (Å²) in [7, 11) is -3.92. The van der Waals surface area contributed by atoms with Gasteiger partial charge in [0.05, 0.1) is 4.90 Å². The lowest BCUT2D eigenvalue weighted by molar-refractivity contribution is 0.0708. The van der Waals surface area contributed by atoms with E-state index in [2.05, 4.69) is 4.72 Å². The maximum atomic E-state index is 13.0. The Morgan fingerprint density at radius 3 is 2.59 bits per heavy atom. The number of benzene rings is 2. The first-order chi connectivity index (χ1) is 12.8. The number of likely N-dealkylation sites (tertiary alicyclic amines) is 1. The van der Waals surface area contributed by atoms with Crippen LogP contribution in [0.3, 0.4) is 0 Å². The van der Waals surface area contributed by atoms with E-state index in [1.807, 2.05) is 0 Å². The van der Waals surface area contributed by atoms with Gasteiger partial charge in [0.1, 0.15) is 5.82 Å². The Balaban J connectivity index is 1.88. The van der Waals surface area contributed by atoms with Gasteiger partial charge in [-0.1, -0.05) is 6.07 Å². The van der Waals surface area contributed by atoms with E-state index in [-0.39, 0.29) is 22.5 Å². The topological polar surface area (TPSA) is 92.5 Å². The fourth-order valence-electron chi connectivity index (χ4n) is 3.13. The zero-order valence-corrected chi connectivity index (χ0v) is 15.8. The maximum absolute atomic E-state index is 13.0. The van der Waals surface area contributed by atoms with Crippen LogP contribution in [0.2, 0.25) is 0 Å². The molecule has 3 rings (SSSR count). The number of sulfonamides is 1. The summed E-state index contributed by atoms with van der Waals surface area (Å²) in [6.07, 6.45) is 1.70. The second kappa shape index (κ2) is 7.66. The van der Waals surface area contributed by atoms with Gasteiger partial charge in [-0.05, 0) is 61.7 Å². The van der Waals surface area contributed by atoms with Crippen molar-refractivity contribution in [1.82, 2.24) is 4.90 Å². The number of nitrogens with one attached hydrogen (secondary N) is 1. The number of halogens is 1. The molecule has 1 atom stereocenters. The van der Waals surface area contributed by atoms with Gasteiger partial charge >= 0.3 is 0 Å². The van der Waals surface area contributed by atoms with E-state index in [0.717, 1.165) is 12.8 Å². The van der Waals surface area contributed by atoms with Gasteiger partial charge in [0.2, 0.25) is 0 Å². The number of hydrogen-bond donors (Lipinski definition) is 2. The van der Waals surface area contributed by atoms with Crippen LogP contribution in [0.15, 0.2) is 47.4 Å². The molecule has 6 nitrogen and oxygen atoms in total. The summed E-state index contributed by atoms with van der Waals surface area (Å²) in [6.45, 7) is 2.73. The highest BCUT2D eigenvalue weighted by Crippen LogP contribution is 2.22. The van der Waals surface area contributed by atoms with Gasteiger partial charge in [0, 0.05) is 30.4 Å². The number of rotatable bonds is 4. The third kappa shape index (κ3) is 4.45. The highest BCUT2D eigenvalue weighted by Gasteiger charge is 2.25. The predicted octanol–water partition coefficient (Wildman–Crippen LogP) is 2.50. The predicted molar refractivity (Wildman–Crippen MR) is 102 cm³/mol. The quantitative estimate of drug-likeness (QED) is 0.838. The molecule has 1 aliphatic heterocycles. The van der Waals surface area contributed by atoms with Crippen LogP contribution in [-0.2, 0) is 10.0 Å². The molecule has 1 unspecified atom stereocenters. The third-order valence-corrected chi connectivity index (χ3v) is 6.09. The number of aryl methyl sites for hydroxylation is 1. The maximum Gasteiger partial charge on any atom is 0.262 e. The lowest BCUT2D eigenvalue weighted by atomic mass is 10.0. The Bertz CT molecular complexity index is 945. The van der Waals surface area contributed by atoms with Gasteiger partial charge < -0.3 is 10.6 Å². The van der Waals surface area contributed by atoms with Gasteiger partial charge in [-0.3, -0.25) is 9.52 Å². The van der Waals surface area contributed by atoms with Gasteiger partial charge in [-0.2, -0.15) is 0 Å². The van der Waals surface area contributed by atoms with Crippen molar-refractivity contribution >= 4 is 21.6 Å². The summed E-state index contributed by atoms with van der Waals surface area (Å²) in [4.78, 5) is 14.4. The zero-order valence-electron chi connectivity index (χ0n) is 15.0. The average molecular weight is 391 g/mol. The molecule has 3 N–H and O–H groups in total. The molecule has 0 aliphatic carbocycles. The minimum absolute atomic E-state index is 0.0129. The minimum atomic E-state index is -3.92. The van der Waals surface area contributed by atoms with E-state index in [9.17, 15) is 17.6 Å². The molecule has 0 aromatic heterocycles. The van der Waals surface area contributed by atoms with Gasteiger partial charge in [0.15, 0.2) is 0 Å². The van der Waals surface area contributed by atoms with Crippen LogP contribution in [0.5, 0.6) is 0 Å². The number of piperidine rings is 1. The van der Waals surface area contributed by atoms with E-state index < -0.39 is 15.8 Å². The smallest absolute Gasteiger partial charge is 0.262 e. The molecule has 1 amide bonds. The van der Waals surface area contributed by atoms with Crippen molar-refractivity contribution < 1.29 is 17.6 Å². The summed E-state index contributed by atoms with van der Waals surface area (Å²) >= 11 is 0. The SMILES string of the molecule is Cc1ccc(C(=O)N2CCCC(N)C2)cc1S(=O)(=O)Nc1ccc(F)cc1. The number of carbonyl (C=O) groups is 1. The summed E-state index contributed by atoms with van der Waals surface area (Å²) in [5, 5.41) is 0. The Kier molecular flexibility index (Phi) is 5.48. The van der Waals surface area contributed by atoms with Crippen LogP contribution >= 0.6 is 0 Å². The molecule has 1 saturated heterocycles. The molecule has 1 aliphatic rings. The number of carbonyl (C=O) groups excluding carboxylic acids is 1.